The van der Waals surface area contributed by atoms with Crippen molar-refractivity contribution in [3.63, 3.8) is 0 Å². The predicted octanol–water partition coefficient (Wildman–Crippen LogP) is 3.08. The molecule has 0 radical (unpaired) electrons. The molecule has 0 aliphatic rings. The number of aromatic nitrogens is 1. The van der Waals surface area contributed by atoms with Gasteiger partial charge >= 0.3 is 5.63 Å². The van der Waals surface area contributed by atoms with Gasteiger partial charge in [0.25, 0.3) is 0 Å². The third kappa shape index (κ3) is 3.85. The number of amides is 1. The molecule has 3 rings (SSSR count). The molecule has 2 aromatic heterocycles. The number of nitrogens with zero attached hydrogens (tertiary/aromatic N) is 1. The summed E-state index contributed by atoms with van der Waals surface area (Å²) in [4.78, 5) is 27.6. The number of benzene rings is 1. The minimum Gasteiger partial charge on any atom is -0.496 e. The van der Waals surface area contributed by atoms with Crippen LogP contribution in [-0.2, 0) is 11.2 Å². The summed E-state index contributed by atoms with van der Waals surface area (Å²) < 4.78 is 10.6. The van der Waals surface area contributed by atoms with Crippen molar-refractivity contribution in [2.75, 3.05) is 12.4 Å². The lowest BCUT2D eigenvalue weighted by Crippen LogP contribution is -2.12. The average Bonchev–Trinajstić information content (AvgIpc) is 2.60. The van der Waals surface area contributed by atoms with Crippen LogP contribution in [0.3, 0.4) is 0 Å². The Morgan fingerprint density at radius 3 is 2.88 bits per heavy atom. The standard InChI is InChI=1S/C19H18N2O4/c1-12-8-19(23)25-17-10-16(24-2)13(9-15(12)17)5-6-18(22)21-14-4-3-7-20-11-14/h3-4,7-11H,5-6H2,1-2H3,(H,21,22). The number of nitrogens with one attached hydrogen (secondary N) is 1. The number of carbonyl (C=O) groups is 1. The lowest BCUT2D eigenvalue weighted by molar-refractivity contribution is -0.116. The number of methoxy groups -OCH3 is 1. The molecule has 0 saturated carbocycles. The van der Waals surface area contributed by atoms with Crippen molar-refractivity contribution in [1.29, 1.82) is 0 Å². The first kappa shape index (κ1) is 16.7. The number of fused-ring (bicyclic) bond motifs is 1. The van der Waals surface area contributed by atoms with Crippen LogP contribution >= 0.6 is 0 Å². The Hall–Kier alpha value is -3.15. The second kappa shape index (κ2) is 7.17. The molecule has 6 nitrogen and oxygen atoms in total. The maximum atomic E-state index is 12.1. The monoisotopic (exact) mass is 338 g/mol. The quantitative estimate of drug-likeness (QED) is 0.723. The number of rotatable bonds is 5. The van der Waals surface area contributed by atoms with E-state index in [0.29, 0.717) is 29.9 Å². The highest BCUT2D eigenvalue weighted by Gasteiger charge is 2.12. The molecule has 0 atom stereocenters. The second-order valence-electron chi connectivity index (χ2n) is 5.70. The number of anilines is 1. The SMILES string of the molecule is COc1cc2oc(=O)cc(C)c2cc1CCC(=O)Nc1cccnc1. The van der Waals surface area contributed by atoms with Crippen molar-refractivity contribution >= 4 is 22.6 Å². The van der Waals surface area contributed by atoms with Crippen LogP contribution in [0.4, 0.5) is 5.69 Å². The molecule has 0 saturated heterocycles. The maximum absolute atomic E-state index is 12.1. The highest BCUT2D eigenvalue weighted by molar-refractivity contribution is 5.91. The summed E-state index contributed by atoms with van der Waals surface area (Å²) in [6, 6.07) is 8.60. The van der Waals surface area contributed by atoms with E-state index >= 15 is 0 Å². The fourth-order valence-corrected chi connectivity index (χ4v) is 2.68. The summed E-state index contributed by atoms with van der Waals surface area (Å²) in [5, 5.41) is 3.64. The van der Waals surface area contributed by atoms with Gasteiger partial charge in [0, 0.05) is 30.1 Å². The first-order chi connectivity index (χ1) is 12.1. The average molecular weight is 338 g/mol. The minimum absolute atomic E-state index is 0.105. The Labute approximate surface area is 144 Å². The molecule has 2 heterocycles. The third-order valence-corrected chi connectivity index (χ3v) is 3.92. The number of pyridine rings is 1. The lowest BCUT2D eigenvalue weighted by Gasteiger charge is -2.11. The van der Waals surface area contributed by atoms with Crippen LogP contribution in [0.2, 0.25) is 0 Å². The third-order valence-electron chi connectivity index (χ3n) is 3.92. The van der Waals surface area contributed by atoms with E-state index < -0.39 is 5.63 Å². The van der Waals surface area contributed by atoms with Gasteiger partial charge in [0.05, 0.1) is 19.0 Å². The smallest absolute Gasteiger partial charge is 0.336 e. The summed E-state index contributed by atoms with van der Waals surface area (Å²) in [5.41, 5.74) is 2.46. The second-order valence-corrected chi connectivity index (χ2v) is 5.70. The number of carbonyl (C=O) groups excluding carboxylic acids is 1. The van der Waals surface area contributed by atoms with E-state index in [9.17, 15) is 9.59 Å². The summed E-state index contributed by atoms with van der Waals surface area (Å²) in [6.07, 6.45) is 4.05. The highest BCUT2D eigenvalue weighted by Crippen LogP contribution is 2.28. The minimum atomic E-state index is -0.393. The molecular weight excluding hydrogens is 320 g/mol. The van der Waals surface area contributed by atoms with E-state index in [0.717, 1.165) is 16.5 Å². The number of ether oxygens (including phenoxy) is 1. The first-order valence-corrected chi connectivity index (χ1v) is 7.88. The molecule has 25 heavy (non-hydrogen) atoms. The van der Waals surface area contributed by atoms with Crippen LogP contribution in [-0.4, -0.2) is 18.0 Å². The largest absolute Gasteiger partial charge is 0.496 e. The Morgan fingerprint density at radius 1 is 1.32 bits per heavy atom. The molecule has 1 aromatic carbocycles. The van der Waals surface area contributed by atoms with Crippen molar-refractivity contribution in [3.8, 4) is 5.75 Å². The predicted molar refractivity (Wildman–Crippen MR) is 95.0 cm³/mol. The zero-order valence-electron chi connectivity index (χ0n) is 14.0. The molecule has 0 unspecified atom stereocenters. The fraction of sp³-hybridized carbons (Fsp3) is 0.211. The molecule has 1 N–H and O–H groups in total. The Bertz CT molecular complexity index is 964. The summed E-state index contributed by atoms with van der Waals surface area (Å²) in [6.45, 7) is 1.85. The lowest BCUT2D eigenvalue weighted by atomic mass is 10.0. The first-order valence-electron chi connectivity index (χ1n) is 7.88. The van der Waals surface area contributed by atoms with E-state index in [2.05, 4.69) is 10.3 Å². The van der Waals surface area contributed by atoms with Crippen LogP contribution in [0.5, 0.6) is 5.75 Å². The van der Waals surface area contributed by atoms with Crippen LogP contribution in [0.25, 0.3) is 11.0 Å². The fourth-order valence-electron chi connectivity index (χ4n) is 2.68. The molecule has 6 heteroatoms. The molecule has 0 aliphatic carbocycles. The van der Waals surface area contributed by atoms with Gasteiger partial charge in [-0.2, -0.15) is 0 Å². The molecule has 0 fully saturated rings. The van der Waals surface area contributed by atoms with Gasteiger partial charge in [0.2, 0.25) is 5.91 Å². The summed E-state index contributed by atoms with van der Waals surface area (Å²) in [7, 11) is 1.55. The molecule has 0 spiro atoms. The van der Waals surface area contributed by atoms with Gasteiger partial charge in [-0.1, -0.05) is 0 Å². The van der Waals surface area contributed by atoms with E-state index in [1.165, 1.54) is 6.07 Å². The normalized spacial score (nSPS) is 10.6. The van der Waals surface area contributed by atoms with Gasteiger partial charge in [-0.05, 0) is 42.7 Å². The Morgan fingerprint density at radius 2 is 2.16 bits per heavy atom. The summed E-state index contributed by atoms with van der Waals surface area (Å²) in [5.74, 6) is 0.488. The molecule has 3 aromatic rings. The Balaban J connectivity index is 1.80. The van der Waals surface area contributed by atoms with E-state index in [4.69, 9.17) is 9.15 Å². The van der Waals surface area contributed by atoms with Gasteiger partial charge in [-0.15, -0.1) is 0 Å². The van der Waals surface area contributed by atoms with E-state index in [-0.39, 0.29) is 5.91 Å². The zero-order chi connectivity index (χ0) is 17.8. The molecular formula is C19H18N2O4. The van der Waals surface area contributed by atoms with E-state index in [1.54, 1.807) is 37.7 Å². The van der Waals surface area contributed by atoms with Crippen molar-refractivity contribution in [2.24, 2.45) is 0 Å². The van der Waals surface area contributed by atoms with Gasteiger partial charge in [0.15, 0.2) is 0 Å². The number of hydrogen-bond donors (Lipinski definition) is 1. The van der Waals surface area contributed by atoms with E-state index in [1.807, 2.05) is 13.0 Å². The van der Waals surface area contributed by atoms with Crippen LogP contribution in [0.1, 0.15) is 17.5 Å². The molecule has 0 aliphatic heterocycles. The number of hydrogen-bond acceptors (Lipinski definition) is 5. The number of aryl methyl sites for hydroxylation is 2. The zero-order valence-corrected chi connectivity index (χ0v) is 14.0. The van der Waals surface area contributed by atoms with Gasteiger partial charge in [-0.25, -0.2) is 4.79 Å². The van der Waals surface area contributed by atoms with Crippen molar-refractivity contribution < 1.29 is 13.9 Å². The van der Waals surface area contributed by atoms with Crippen molar-refractivity contribution in [2.45, 2.75) is 19.8 Å². The van der Waals surface area contributed by atoms with Gasteiger partial charge in [0.1, 0.15) is 11.3 Å². The highest BCUT2D eigenvalue weighted by atomic mass is 16.5. The van der Waals surface area contributed by atoms with Crippen LogP contribution in [0, 0.1) is 6.92 Å². The van der Waals surface area contributed by atoms with Crippen molar-refractivity contribution in [3.05, 3.63) is 64.3 Å². The maximum Gasteiger partial charge on any atom is 0.336 e. The topological polar surface area (TPSA) is 81.4 Å². The Kier molecular flexibility index (Phi) is 4.79. The van der Waals surface area contributed by atoms with Crippen LogP contribution < -0.4 is 15.7 Å². The van der Waals surface area contributed by atoms with Crippen LogP contribution in [0.15, 0.2) is 51.9 Å². The summed E-state index contributed by atoms with van der Waals surface area (Å²) >= 11 is 0. The van der Waals surface area contributed by atoms with Crippen molar-refractivity contribution in [1.82, 2.24) is 4.98 Å². The molecule has 0 bridgehead atoms. The van der Waals surface area contributed by atoms with Gasteiger partial charge in [-0.3, -0.25) is 9.78 Å². The van der Waals surface area contributed by atoms with Gasteiger partial charge < -0.3 is 14.5 Å². The molecule has 1 amide bonds. The molecule has 128 valence electrons.